The largest absolute Gasteiger partial charge is 0.339 e. The molecule has 0 spiro atoms. The first-order chi connectivity index (χ1) is 13.1. The monoisotopic (exact) mass is 381 g/mol. The normalized spacial score (nSPS) is 17.1. The molecule has 2 heterocycles. The molecule has 2 aromatic carbocycles. The molecule has 5 nitrogen and oxygen atoms in total. The lowest BCUT2D eigenvalue weighted by Gasteiger charge is -2.31. The molecule has 1 aromatic heterocycles. The van der Waals surface area contributed by atoms with Crippen molar-refractivity contribution in [2.75, 3.05) is 13.1 Å². The van der Waals surface area contributed by atoms with E-state index in [2.05, 4.69) is 10.1 Å². The van der Waals surface area contributed by atoms with E-state index < -0.39 is 0 Å². The molecule has 3 aromatic rings. The molecule has 0 saturated carbocycles. The van der Waals surface area contributed by atoms with Crippen LogP contribution in [-0.4, -0.2) is 34.0 Å². The summed E-state index contributed by atoms with van der Waals surface area (Å²) in [5.74, 6) is 1.24. The highest BCUT2D eigenvalue weighted by Gasteiger charge is 2.29. The van der Waals surface area contributed by atoms with E-state index in [9.17, 15) is 4.79 Å². The number of benzene rings is 2. The third-order valence-electron chi connectivity index (χ3n) is 4.90. The van der Waals surface area contributed by atoms with Crippen LogP contribution >= 0.6 is 11.6 Å². The first-order valence-electron chi connectivity index (χ1n) is 9.05. The molecule has 27 heavy (non-hydrogen) atoms. The number of carbonyl (C=O) groups is 1. The Morgan fingerprint density at radius 2 is 1.89 bits per heavy atom. The number of likely N-dealkylation sites (tertiary alicyclic amines) is 1. The molecular formula is C21H20ClN3O2. The van der Waals surface area contributed by atoms with Crippen molar-refractivity contribution in [3.8, 4) is 11.4 Å². The molecule has 1 unspecified atom stereocenters. The molecule has 0 aliphatic carbocycles. The van der Waals surface area contributed by atoms with Crippen LogP contribution < -0.4 is 0 Å². The van der Waals surface area contributed by atoms with Crippen molar-refractivity contribution in [2.24, 2.45) is 0 Å². The molecule has 0 N–H and O–H groups in total. The SMILES string of the molecule is Cc1ccc(C(=O)N2CCCC(c3nc(-c4ccc(Cl)cc4)no3)C2)cc1. The zero-order valence-electron chi connectivity index (χ0n) is 15.1. The number of hydrogen-bond donors (Lipinski definition) is 0. The van der Waals surface area contributed by atoms with Crippen LogP contribution in [0.4, 0.5) is 0 Å². The summed E-state index contributed by atoms with van der Waals surface area (Å²) in [4.78, 5) is 19.2. The van der Waals surface area contributed by atoms with Crippen molar-refractivity contribution in [2.45, 2.75) is 25.7 Å². The van der Waals surface area contributed by atoms with Gasteiger partial charge in [-0.05, 0) is 56.2 Å². The Morgan fingerprint density at radius 3 is 2.63 bits per heavy atom. The number of nitrogens with zero attached hydrogens (tertiary/aromatic N) is 3. The van der Waals surface area contributed by atoms with Gasteiger partial charge in [0, 0.05) is 29.2 Å². The summed E-state index contributed by atoms with van der Waals surface area (Å²) in [7, 11) is 0. The molecule has 1 aliphatic rings. The molecule has 1 aliphatic heterocycles. The first-order valence-corrected chi connectivity index (χ1v) is 9.43. The lowest BCUT2D eigenvalue weighted by atomic mass is 9.97. The molecular weight excluding hydrogens is 362 g/mol. The zero-order valence-corrected chi connectivity index (χ0v) is 15.8. The summed E-state index contributed by atoms with van der Waals surface area (Å²) in [5, 5.41) is 4.76. The van der Waals surface area contributed by atoms with Crippen LogP contribution in [0.3, 0.4) is 0 Å². The van der Waals surface area contributed by atoms with E-state index in [4.69, 9.17) is 16.1 Å². The van der Waals surface area contributed by atoms with Gasteiger partial charge in [-0.1, -0.05) is 34.5 Å². The summed E-state index contributed by atoms with van der Waals surface area (Å²) in [5.41, 5.74) is 2.72. The zero-order chi connectivity index (χ0) is 18.8. The highest BCUT2D eigenvalue weighted by molar-refractivity contribution is 6.30. The van der Waals surface area contributed by atoms with Gasteiger partial charge in [-0.25, -0.2) is 0 Å². The Hall–Kier alpha value is -2.66. The van der Waals surface area contributed by atoms with Crippen LogP contribution in [0.5, 0.6) is 0 Å². The van der Waals surface area contributed by atoms with Crippen LogP contribution in [0.15, 0.2) is 53.1 Å². The van der Waals surface area contributed by atoms with Gasteiger partial charge in [0.15, 0.2) is 0 Å². The number of aryl methyl sites for hydroxylation is 1. The molecule has 0 radical (unpaired) electrons. The second-order valence-electron chi connectivity index (χ2n) is 6.92. The van der Waals surface area contributed by atoms with E-state index in [1.54, 1.807) is 12.1 Å². The Bertz CT molecular complexity index is 935. The predicted octanol–water partition coefficient (Wildman–Crippen LogP) is 4.72. The Labute approximate surface area is 163 Å². The molecule has 6 heteroatoms. The molecule has 138 valence electrons. The maximum absolute atomic E-state index is 12.8. The summed E-state index contributed by atoms with van der Waals surface area (Å²) in [6.45, 7) is 3.36. The van der Waals surface area contributed by atoms with Gasteiger partial charge in [0.05, 0.1) is 5.92 Å². The quantitative estimate of drug-likeness (QED) is 0.658. The van der Waals surface area contributed by atoms with Gasteiger partial charge in [0.2, 0.25) is 11.7 Å². The van der Waals surface area contributed by atoms with Crippen LogP contribution in [-0.2, 0) is 0 Å². The lowest BCUT2D eigenvalue weighted by Crippen LogP contribution is -2.39. The Morgan fingerprint density at radius 1 is 1.15 bits per heavy atom. The molecule has 0 bridgehead atoms. The van der Waals surface area contributed by atoms with Crippen molar-refractivity contribution >= 4 is 17.5 Å². The van der Waals surface area contributed by atoms with Gasteiger partial charge in [0.1, 0.15) is 0 Å². The first kappa shape index (κ1) is 17.7. The summed E-state index contributed by atoms with van der Waals surface area (Å²) in [6, 6.07) is 15.0. The average Bonchev–Trinajstić information content (AvgIpc) is 3.19. The summed E-state index contributed by atoms with van der Waals surface area (Å²) >= 11 is 5.93. The van der Waals surface area contributed by atoms with Crippen molar-refractivity contribution in [1.29, 1.82) is 0 Å². The molecule has 1 atom stereocenters. The van der Waals surface area contributed by atoms with Gasteiger partial charge in [-0.15, -0.1) is 0 Å². The van der Waals surface area contributed by atoms with Crippen molar-refractivity contribution in [3.05, 3.63) is 70.6 Å². The highest BCUT2D eigenvalue weighted by atomic mass is 35.5. The standard InChI is InChI=1S/C21H20ClN3O2/c1-14-4-6-16(7-5-14)21(26)25-12-2-3-17(13-25)20-23-19(24-27-20)15-8-10-18(22)11-9-15/h4-11,17H,2-3,12-13H2,1H3. The van der Waals surface area contributed by atoms with Gasteiger partial charge in [0.25, 0.3) is 5.91 Å². The minimum atomic E-state index is 0.0529. The fraction of sp³-hybridized carbons (Fsp3) is 0.286. The molecule has 1 saturated heterocycles. The summed E-state index contributed by atoms with van der Waals surface area (Å²) in [6.07, 6.45) is 1.85. The number of halogens is 1. The number of carbonyl (C=O) groups excluding carboxylic acids is 1. The second-order valence-corrected chi connectivity index (χ2v) is 7.36. The van der Waals surface area contributed by atoms with Gasteiger partial charge in [-0.3, -0.25) is 4.79 Å². The number of aromatic nitrogens is 2. The number of amides is 1. The number of piperidine rings is 1. The van der Waals surface area contributed by atoms with Crippen LogP contribution in [0.25, 0.3) is 11.4 Å². The van der Waals surface area contributed by atoms with E-state index in [0.29, 0.717) is 28.8 Å². The molecule has 1 fully saturated rings. The minimum absolute atomic E-state index is 0.0529. The number of rotatable bonds is 3. The van der Waals surface area contributed by atoms with E-state index in [-0.39, 0.29) is 11.8 Å². The van der Waals surface area contributed by atoms with Gasteiger partial charge in [-0.2, -0.15) is 4.98 Å². The van der Waals surface area contributed by atoms with Crippen molar-refractivity contribution in [1.82, 2.24) is 15.0 Å². The van der Waals surface area contributed by atoms with E-state index in [1.807, 2.05) is 48.2 Å². The minimum Gasteiger partial charge on any atom is -0.339 e. The topological polar surface area (TPSA) is 59.2 Å². The smallest absolute Gasteiger partial charge is 0.253 e. The Kier molecular flexibility index (Phi) is 4.94. The maximum atomic E-state index is 12.8. The van der Waals surface area contributed by atoms with Crippen LogP contribution in [0.2, 0.25) is 5.02 Å². The number of hydrogen-bond acceptors (Lipinski definition) is 4. The highest BCUT2D eigenvalue weighted by Crippen LogP contribution is 2.28. The van der Waals surface area contributed by atoms with Crippen LogP contribution in [0, 0.1) is 6.92 Å². The van der Waals surface area contributed by atoms with Gasteiger partial charge < -0.3 is 9.42 Å². The van der Waals surface area contributed by atoms with Crippen LogP contribution in [0.1, 0.15) is 40.6 Å². The average molecular weight is 382 g/mol. The third-order valence-corrected chi connectivity index (χ3v) is 5.15. The predicted molar refractivity (Wildman–Crippen MR) is 104 cm³/mol. The second kappa shape index (κ2) is 7.53. The van der Waals surface area contributed by atoms with E-state index in [1.165, 1.54) is 0 Å². The van der Waals surface area contributed by atoms with E-state index >= 15 is 0 Å². The lowest BCUT2D eigenvalue weighted by molar-refractivity contribution is 0.0695. The fourth-order valence-electron chi connectivity index (χ4n) is 3.36. The Balaban J connectivity index is 1.49. The molecule has 4 rings (SSSR count). The van der Waals surface area contributed by atoms with Crippen molar-refractivity contribution < 1.29 is 9.32 Å². The van der Waals surface area contributed by atoms with Crippen molar-refractivity contribution in [3.63, 3.8) is 0 Å². The summed E-state index contributed by atoms with van der Waals surface area (Å²) < 4.78 is 5.51. The fourth-order valence-corrected chi connectivity index (χ4v) is 3.49. The van der Waals surface area contributed by atoms with Gasteiger partial charge >= 0.3 is 0 Å². The van der Waals surface area contributed by atoms with E-state index in [0.717, 1.165) is 30.5 Å². The maximum Gasteiger partial charge on any atom is 0.253 e. The third kappa shape index (κ3) is 3.88. The molecule has 1 amide bonds.